The quantitative estimate of drug-likeness (QED) is 0.740. The van der Waals surface area contributed by atoms with Crippen LogP contribution in [-0.2, 0) is 5.41 Å². The van der Waals surface area contributed by atoms with Gasteiger partial charge in [-0.25, -0.2) is 9.97 Å². The molecule has 0 aliphatic rings. The molecule has 0 saturated carbocycles. The smallest absolute Gasteiger partial charge is 0.227 e. The second-order valence-corrected chi connectivity index (χ2v) is 7.48. The van der Waals surface area contributed by atoms with Gasteiger partial charge in [-0.2, -0.15) is 0 Å². The summed E-state index contributed by atoms with van der Waals surface area (Å²) >= 11 is 1.64. The van der Waals surface area contributed by atoms with Crippen molar-refractivity contribution in [2.45, 2.75) is 33.1 Å². The fourth-order valence-electron chi connectivity index (χ4n) is 2.32. The van der Waals surface area contributed by atoms with Gasteiger partial charge in [0.15, 0.2) is 0 Å². The second kappa shape index (κ2) is 6.08. The Bertz CT molecular complexity index is 804. The first kappa shape index (κ1) is 15.6. The molecule has 3 rings (SSSR count). The summed E-state index contributed by atoms with van der Waals surface area (Å²) in [6.45, 7) is 8.52. The van der Waals surface area contributed by atoms with Crippen molar-refractivity contribution < 1.29 is 0 Å². The molecule has 0 bridgehead atoms. The molecule has 118 valence electrons. The van der Waals surface area contributed by atoms with E-state index in [9.17, 15) is 0 Å². The van der Waals surface area contributed by atoms with Gasteiger partial charge in [0.2, 0.25) is 5.95 Å². The van der Waals surface area contributed by atoms with Crippen molar-refractivity contribution in [2.75, 3.05) is 5.32 Å². The molecule has 0 unspecified atom stereocenters. The van der Waals surface area contributed by atoms with Crippen molar-refractivity contribution in [1.29, 1.82) is 0 Å². The largest absolute Gasteiger partial charge is 0.324 e. The van der Waals surface area contributed by atoms with Gasteiger partial charge in [-0.3, -0.25) is 4.98 Å². The number of aromatic nitrogens is 3. The summed E-state index contributed by atoms with van der Waals surface area (Å²) in [5.74, 6) is 0.623. The van der Waals surface area contributed by atoms with Crippen molar-refractivity contribution in [2.24, 2.45) is 0 Å². The van der Waals surface area contributed by atoms with Gasteiger partial charge < -0.3 is 5.32 Å². The van der Waals surface area contributed by atoms with E-state index in [0.29, 0.717) is 5.95 Å². The highest BCUT2D eigenvalue weighted by Gasteiger charge is 2.16. The Labute approximate surface area is 140 Å². The zero-order valence-corrected chi connectivity index (χ0v) is 14.6. The van der Waals surface area contributed by atoms with Gasteiger partial charge in [0, 0.05) is 23.5 Å². The van der Waals surface area contributed by atoms with Crippen LogP contribution in [0.15, 0.2) is 42.2 Å². The predicted octanol–water partition coefficient (Wildman–Crippen LogP) is 4.95. The summed E-state index contributed by atoms with van der Waals surface area (Å²) in [5.41, 5.74) is 6.19. The van der Waals surface area contributed by atoms with Gasteiger partial charge in [-0.15, -0.1) is 11.3 Å². The monoisotopic (exact) mass is 324 g/mol. The Hall–Kier alpha value is -2.27. The third-order valence-electron chi connectivity index (χ3n) is 3.47. The fraction of sp³-hybridized carbons (Fsp3) is 0.278. The van der Waals surface area contributed by atoms with E-state index in [-0.39, 0.29) is 5.41 Å². The zero-order chi connectivity index (χ0) is 16.4. The lowest BCUT2D eigenvalue weighted by Crippen LogP contribution is -2.14. The molecule has 0 spiro atoms. The number of hydrogen-bond acceptors (Lipinski definition) is 5. The third kappa shape index (κ3) is 3.74. The summed E-state index contributed by atoms with van der Waals surface area (Å²) < 4.78 is 0. The van der Waals surface area contributed by atoms with Crippen LogP contribution in [0.3, 0.4) is 0 Å². The van der Waals surface area contributed by atoms with Gasteiger partial charge in [0.25, 0.3) is 0 Å². The van der Waals surface area contributed by atoms with Crippen LogP contribution in [0.2, 0.25) is 0 Å². The van der Waals surface area contributed by atoms with Crippen molar-refractivity contribution in [3.05, 3.63) is 53.4 Å². The predicted molar refractivity (Wildman–Crippen MR) is 96.3 cm³/mol. The van der Waals surface area contributed by atoms with Gasteiger partial charge in [-0.05, 0) is 36.2 Å². The second-order valence-electron chi connectivity index (χ2n) is 6.59. The molecule has 0 radical (unpaired) electrons. The van der Waals surface area contributed by atoms with Crippen LogP contribution in [0.4, 0.5) is 11.6 Å². The molecule has 0 atom stereocenters. The lowest BCUT2D eigenvalue weighted by Gasteiger charge is -2.18. The fourth-order valence-corrected chi connectivity index (χ4v) is 2.93. The van der Waals surface area contributed by atoms with Gasteiger partial charge in [-0.1, -0.05) is 26.8 Å². The van der Waals surface area contributed by atoms with E-state index >= 15 is 0 Å². The van der Waals surface area contributed by atoms with Crippen molar-refractivity contribution in [1.82, 2.24) is 15.0 Å². The molecule has 4 nitrogen and oxygen atoms in total. The lowest BCUT2D eigenvalue weighted by molar-refractivity contribution is 0.568. The normalized spacial score (nSPS) is 11.5. The molecule has 5 heteroatoms. The first-order chi connectivity index (χ1) is 10.9. The molecule has 3 aromatic rings. The van der Waals surface area contributed by atoms with E-state index in [1.54, 1.807) is 17.5 Å². The SMILES string of the molecule is Cc1cc(Nc2nccc(C(C)(C)C)n2)cc(-c2cncs2)c1. The molecule has 0 saturated heterocycles. The maximum Gasteiger partial charge on any atom is 0.227 e. The topological polar surface area (TPSA) is 50.7 Å². The number of hydrogen-bond donors (Lipinski definition) is 1. The number of benzene rings is 1. The standard InChI is InChI=1S/C18H20N4S/c1-12-7-13(15-10-19-11-23-15)9-14(8-12)21-17-20-6-5-16(22-17)18(2,3)4/h5-11H,1-4H3,(H,20,21,22). The van der Waals surface area contributed by atoms with Crippen LogP contribution in [-0.4, -0.2) is 15.0 Å². The lowest BCUT2D eigenvalue weighted by atomic mass is 9.92. The average molecular weight is 324 g/mol. The molecule has 0 aliphatic carbocycles. The average Bonchev–Trinajstić information content (AvgIpc) is 3.00. The highest BCUT2D eigenvalue weighted by Crippen LogP contribution is 2.28. The minimum Gasteiger partial charge on any atom is -0.324 e. The van der Waals surface area contributed by atoms with Crippen LogP contribution in [0.25, 0.3) is 10.4 Å². The van der Waals surface area contributed by atoms with Crippen LogP contribution in [0, 0.1) is 6.92 Å². The molecular formula is C18H20N4S. The number of nitrogens with zero attached hydrogens (tertiary/aromatic N) is 3. The number of aryl methyl sites for hydroxylation is 1. The molecule has 1 N–H and O–H groups in total. The van der Waals surface area contributed by atoms with Crippen LogP contribution >= 0.6 is 11.3 Å². The first-order valence-electron chi connectivity index (χ1n) is 7.53. The van der Waals surface area contributed by atoms with E-state index < -0.39 is 0 Å². The minimum absolute atomic E-state index is 0.000225. The number of thiazole rings is 1. The van der Waals surface area contributed by atoms with Crippen molar-refractivity contribution in [3.63, 3.8) is 0 Å². The molecule has 23 heavy (non-hydrogen) atoms. The third-order valence-corrected chi connectivity index (χ3v) is 4.30. The van der Waals surface area contributed by atoms with E-state index in [1.807, 2.05) is 17.8 Å². The summed E-state index contributed by atoms with van der Waals surface area (Å²) in [5, 5.41) is 3.32. The summed E-state index contributed by atoms with van der Waals surface area (Å²) in [6, 6.07) is 8.32. The van der Waals surface area contributed by atoms with Gasteiger partial charge in [0.1, 0.15) is 0 Å². The number of anilines is 2. The highest BCUT2D eigenvalue weighted by molar-refractivity contribution is 7.13. The summed E-state index contributed by atoms with van der Waals surface area (Å²) in [7, 11) is 0. The summed E-state index contributed by atoms with van der Waals surface area (Å²) in [4.78, 5) is 14.3. The first-order valence-corrected chi connectivity index (χ1v) is 8.41. The molecule has 1 aromatic carbocycles. The van der Waals surface area contributed by atoms with E-state index in [2.05, 4.69) is 66.2 Å². The van der Waals surface area contributed by atoms with Crippen LogP contribution in [0.1, 0.15) is 32.0 Å². The molecular weight excluding hydrogens is 304 g/mol. The van der Waals surface area contributed by atoms with Crippen LogP contribution < -0.4 is 5.32 Å². The molecule has 0 aliphatic heterocycles. The minimum atomic E-state index is -0.000225. The van der Waals surface area contributed by atoms with Gasteiger partial charge in [0.05, 0.1) is 16.1 Å². The molecule has 2 heterocycles. The van der Waals surface area contributed by atoms with Gasteiger partial charge >= 0.3 is 0 Å². The Kier molecular flexibility index (Phi) is 4.13. The van der Waals surface area contributed by atoms with E-state index in [0.717, 1.165) is 21.8 Å². The Morgan fingerprint density at radius 3 is 2.65 bits per heavy atom. The van der Waals surface area contributed by atoms with Crippen molar-refractivity contribution >= 4 is 23.0 Å². The van der Waals surface area contributed by atoms with Crippen molar-refractivity contribution in [3.8, 4) is 10.4 Å². The Balaban J connectivity index is 1.92. The highest BCUT2D eigenvalue weighted by atomic mass is 32.1. The molecule has 0 fully saturated rings. The number of nitrogens with one attached hydrogen (secondary N) is 1. The number of rotatable bonds is 3. The van der Waals surface area contributed by atoms with E-state index in [1.165, 1.54) is 5.56 Å². The molecule has 0 amide bonds. The zero-order valence-electron chi connectivity index (χ0n) is 13.8. The molecule has 2 aromatic heterocycles. The Morgan fingerprint density at radius 2 is 1.96 bits per heavy atom. The maximum absolute atomic E-state index is 4.63. The maximum atomic E-state index is 4.63. The van der Waals surface area contributed by atoms with Crippen LogP contribution in [0.5, 0.6) is 0 Å². The Morgan fingerprint density at radius 1 is 1.13 bits per heavy atom. The summed E-state index contributed by atoms with van der Waals surface area (Å²) in [6.07, 6.45) is 3.69. The van der Waals surface area contributed by atoms with E-state index in [4.69, 9.17) is 0 Å².